The Bertz CT molecular complexity index is 665. The number of halogens is 1. The second-order valence-electron chi connectivity index (χ2n) is 4.26. The normalized spacial score (nSPS) is 10.2. The second kappa shape index (κ2) is 5.24. The molecule has 2 aromatic rings. The Kier molecular flexibility index (Phi) is 3.67. The van der Waals surface area contributed by atoms with Gasteiger partial charge in [0.2, 0.25) is 0 Å². The van der Waals surface area contributed by atoms with E-state index in [1.807, 2.05) is 25.1 Å². The minimum absolute atomic E-state index is 0.181. The summed E-state index contributed by atoms with van der Waals surface area (Å²) in [6.45, 7) is 5.73. The van der Waals surface area contributed by atoms with Crippen LogP contribution in [0, 0.1) is 6.92 Å². The summed E-state index contributed by atoms with van der Waals surface area (Å²) in [6.07, 6.45) is 1.44. The fraction of sp³-hybridized carbons (Fsp3) is 0.0667. The van der Waals surface area contributed by atoms with Gasteiger partial charge in [-0.3, -0.25) is 4.79 Å². The fourth-order valence-corrected chi connectivity index (χ4v) is 1.93. The van der Waals surface area contributed by atoms with Crippen molar-refractivity contribution in [1.29, 1.82) is 0 Å². The molecule has 19 heavy (non-hydrogen) atoms. The van der Waals surface area contributed by atoms with E-state index in [0.29, 0.717) is 16.1 Å². The number of nitrogens with two attached hydrogens (primary N) is 1. The average Bonchev–Trinajstić information content (AvgIpc) is 2.40. The van der Waals surface area contributed by atoms with Gasteiger partial charge in [0.05, 0.1) is 5.02 Å². The number of carbonyl (C=O) groups excluding carboxylic acids is 1. The summed E-state index contributed by atoms with van der Waals surface area (Å²) in [7, 11) is 0. The van der Waals surface area contributed by atoms with E-state index in [-0.39, 0.29) is 17.2 Å². The molecule has 0 bridgehead atoms. The zero-order valence-electron chi connectivity index (χ0n) is 10.5. The standard InChI is InChI=1S/C15H13ClN2O/c1-9-4-3-5-11(6-9)14(19)10(2)13-7-12(16)8-18-15(13)17/h3-8H,2H2,1H3,(H2,17,18). The van der Waals surface area contributed by atoms with E-state index in [1.54, 1.807) is 12.1 Å². The summed E-state index contributed by atoms with van der Waals surface area (Å²) in [5.41, 5.74) is 8.10. The minimum atomic E-state index is -0.181. The molecule has 0 saturated heterocycles. The van der Waals surface area contributed by atoms with Gasteiger partial charge in [0.25, 0.3) is 0 Å². The number of rotatable bonds is 3. The van der Waals surface area contributed by atoms with Gasteiger partial charge in [-0.05, 0) is 19.1 Å². The maximum absolute atomic E-state index is 12.3. The van der Waals surface area contributed by atoms with Crippen molar-refractivity contribution in [1.82, 2.24) is 4.98 Å². The molecule has 0 amide bonds. The van der Waals surface area contributed by atoms with Gasteiger partial charge >= 0.3 is 0 Å². The van der Waals surface area contributed by atoms with Crippen molar-refractivity contribution in [2.45, 2.75) is 6.92 Å². The fourth-order valence-electron chi connectivity index (χ4n) is 1.77. The first-order chi connectivity index (χ1) is 8.99. The van der Waals surface area contributed by atoms with Crippen LogP contribution in [0.25, 0.3) is 5.57 Å². The Balaban J connectivity index is 2.39. The Labute approximate surface area is 116 Å². The molecule has 3 nitrogen and oxygen atoms in total. The third kappa shape index (κ3) is 2.83. The molecule has 2 rings (SSSR count). The number of pyridine rings is 1. The number of ketones is 1. The number of benzene rings is 1. The van der Waals surface area contributed by atoms with Crippen molar-refractivity contribution in [3.05, 3.63) is 64.8 Å². The summed E-state index contributed by atoms with van der Waals surface area (Å²) in [5, 5.41) is 0.419. The van der Waals surface area contributed by atoms with Crippen molar-refractivity contribution in [2.75, 3.05) is 5.73 Å². The number of carbonyl (C=O) groups is 1. The monoisotopic (exact) mass is 272 g/mol. The van der Waals surface area contributed by atoms with E-state index >= 15 is 0 Å². The maximum Gasteiger partial charge on any atom is 0.193 e. The first-order valence-corrected chi connectivity index (χ1v) is 6.08. The van der Waals surface area contributed by atoms with Crippen LogP contribution < -0.4 is 5.73 Å². The number of aromatic nitrogens is 1. The van der Waals surface area contributed by atoms with Gasteiger partial charge < -0.3 is 5.73 Å². The van der Waals surface area contributed by atoms with Gasteiger partial charge in [0.15, 0.2) is 5.78 Å². The predicted octanol–water partition coefficient (Wildman–Crippen LogP) is 3.52. The molecule has 1 aromatic heterocycles. The smallest absolute Gasteiger partial charge is 0.193 e. The molecule has 0 radical (unpaired) electrons. The Morgan fingerprint density at radius 2 is 2.11 bits per heavy atom. The van der Waals surface area contributed by atoms with E-state index in [4.69, 9.17) is 17.3 Å². The van der Waals surface area contributed by atoms with Gasteiger partial charge in [-0.25, -0.2) is 4.98 Å². The molecule has 0 aliphatic rings. The highest BCUT2D eigenvalue weighted by atomic mass is 35.5. The van der Waals surface area contributed by atoms with Crippen LogP contribution in [0.4, 0.5) is 5.82 Å². The van der Waals surface area contributed by atoms with Crippen molar-refractivity contribution in [3.8, 4) is 0 Å². The number of anilines is 1. The van der Waals surface area contributed by atoms with Crippen LogP contribution in [0.15, 0.2) is 43.1 Å². The molecule has 2 N–H and O–H groups in total. The van der Waals surface area contributed by atoms with Crippen molar-refractivity contribution in [2.24, 2.45) is 0 Å². The number of hydrogen-bond donors (Lipinski definition) is 1. The third-order valence-electron chi connectivity index (χ3n) is 2.76. The molecular formula is C15H13ClN2O. The average molecular weight is 273 g/mol. The molecule has 0 spiro atoms. The van der Waals surface area contributed by atoms with Crippen LogP contribution >= 0.6 is 11.6 Å². The van der Waals surface area contributed by atoms with Crippen LogP contribution in [0.3, 0.4) is 0 Å². The van der Waals surface area contributed by atoms with Crippen molar-refractivity contribution < 1.29 is 4.79 Å². The number of aryl methyl sites for hydroxylation is 1. The number of hydrogen-bond acceptors (Lipinski definition) is 3. The van der Waals surface area contributed by atoms with E-state index in [0.717, 1.165) is 5.56 Å². The lowest BCUT2D eigenvalue weighted by molar-refractivity contribution is 0.105. The highest BCUT2D eigenvalue weighted by molar-refractivity contribution is 6.32. The SMILES string of the molecule is C=C(C(=O)c1cccc(C)c1)c1cc(Cl)cnc1N. The molecule has 0 saturated carbocycles. The molecule has 0 unspecified atom stereocenters. The highest BCUT2D eigenvalue weighted by Gasteiger charge is 2.15. The zero-order valence-corrected chi connectivity index (χ0v) is 11.2. The largest absolute Gasteiger partial charge is 0.383 e. The van der Waals surface area contributed by atoms with E-state index < -0.39 is 0 Å². The van der Waals surface area contributed by atoms with Crippen molar-refractivity contribution >= 4 is 28.8 Å². The summed E-state index contributed by atoms with van der Waals surface area (Å²) < 4.78 is 0. The first-order valence-electron chi connectivity index (χ1n) is 5.70. The lowest BCUT2D eigenvalue weighted by atomic mass is 9.98. The lowest BCUT2D eigenvalue weighted by Gasteiger charge is -2.08. The summed E-state index contributed by atoms with van der Waals surface area (Å²) in [4.78, 5) is 16.3. The molecule has 0 fully saturated rings. The molecular weight excluding hydrogens is 260 g/mol. The number of Topliss-reactive ketones (excluding diaryl/α,β-unsaturated/α-hetero) is 1. The molecule has 1 heterocycles. The summed E-state index contributed by atoms with van der Waals surface area (Å²) in [5.74, 6) is 0.0647. The minimum Gasteiger partial charge on any atom is -0.383 e. The van der Waals surface area contributed by atoms with Crippen LogP contribution in [0.2, 0.25) is 5.02 Å². The highest BCUT2D eigenvalue weighted by Crippen LogP contribution is 2.25. The molecule has 0 aliphatic heterocycles. The molecule has 0 aliphatic carbocycles. The van der Waals surface area contributed by atoms with Crippen molar-refractivity contribution in [3.63, 3.8) is 0 Å². The molecule has 4 heteroatoms. The number of nitrogen functional groups attached to an aromatic ring is 1. The predicted molar refractivity (Wildman–Crippen MR) is 78.2 cm³/mol. The Hall–Kier alpha value is -2.13. The summed E-state index contributed by atoms with van der Waals surface area (Å²) in [6, 6.07) is 8.90. The van der Waals surface area contributed by atoms with Crippen LogP contribution in [-0.4, -0.2) is 10.8 Å². The van der Waals surface area contributed by atoms with Gasteiger partial charge in [-0.15, -0.1) is 0 Å². The van der Waals surface area contributed by atoms with Crippen LogP contribution in [0.5, 0.6) is 0 Å². The number of nitrogens with zero attached hydrogens (tertiary/aromatic N) is 1. The first kappa shape index (κ1) is 13.3. The molecule has 96 valence electrons. The second-order valence-corrected chi connectivity index (χ2v) is 4.70. The van der Waals surface area contributed by atoms with Gasteiger partial charge in [-0.1, -0.05) is 41.9 Å². The Morgan fingerprint density at radius 1 is 1.37 bits per heavy atom. The zero-order chi connectivity index (χ0) is 14.0. The van der Waals surface area contributed by atoms with E-state index in [9.17, 15) is 4.79 Å². The van der Waals surface area contributed by atoms with Crippen LogP contribution in [0.1, 0.15) is 21.5 Å². The van der Waals surface area contributed by atoms with Gasteiger partial charge in [-0.2, -0.15) is 0 Å². The van der Waals surface area contributed by atoms with E-state index in [2.05, 4.69) is 11.6 Å². The van der Waals surface area contributed by atoms with E-state index in [1.165, 1.54) is 6.20 Å². The topological polar surface area (TPSA) is 56.0 Å². The number of allylic oxidation sites excluding steroid dienone is 1. The maximum atomic E-state index is 12.3. The van der Waals surface area contributed by atoms with Gasteiger partial charge in [0, 0.05) is 22.9 Å². The lowest BCUT2D eigenvalue weighted by Crippen LogP contribution is -2.05. The van der Waals surface area contributed by atoms with Gasteiger partial charge in [0.1, 0.15) is 5.82 Å². The third-order valence-corrected chi connectivity index (χ3v) is 2.97. The quantitative estimate of drug-likeness (QED) is 0.687. The van der Waals surface area contributed by atoms with Crippen LogP contribution in [-0.2, 0) is 0 Å². The molecule has 1 aromatic carbocycles. The Morgan fingerprint density at radius 3 is 2.79 bits per heavy atom. The molecule has 0 atom stereocenters. The summed E-state index contributed by atoms with van der Waals surface area (Å²) >= 11 is 5.87.